The number of fused-ring (bicyclic) bond motifs is 2. The van der Waals surface area contributed by atoms with Crippen molar-refractivity contribution in [3.63, 3.8) is 0 Å². The van der Waals surface area contributed by atoms with Crippen LogP contribution in [0.25, 0.3) is 0 Å². The van der Waals surface area contributed by atoms with Crippen molar-refractivity contribution < 1.29 is 24.2 Å². The fourth-order valence-electron chi connectivity index (χ4n) is 4.13. The van der Waals surface area contributed by atoms with Crippen LogP contribution in [-0.2, 0) is 12.8 Å². The first-order valence-electron chi connectivity index (χ1n) is 9.67. The molecule has 2 heterocycles. The number of benzene rings is 2. The van der Waals surface area contributed by atoms with Gasteiger partial charge in [-0.15, -0.1) is 0 Å². The van der Waals surface area contributed by atoms with Crippen LogP contribution in [0.3, 0.4) is 0 Å². The smallest absolute Gasteiger partial charge is 0.231 e. The molecule has 154 valence electrons. The second kappa shape index (κ2) is 8.21. The van der Waals surface area contributed by atoms with Gasteiger partial charge >= 0.3 is 0 Å². The summed E-state index contributed by atoms with van der Waals surface area (Å²) in [6, 6.07) is 9.88. The summed E-state index contributed by atoms with van der Waals surface area (Å²) < 4.78 is 22.2. The Bertz CT molecular complexity index is 910. The molecule has 1 unspecified atom stereocenters. The Balaban J connectivity index is 1.63. The highest BCUT2D eigenvalue weighted by Gasteiger charge is 2.34. The van der Waals surface area contributed by atoms with Crippen LogP contribution in [0.5, 0.6) is 23.0 Å². The molecule has 0 fully saturated rings. The highest BCUT2D eigenvalue weighted by atomic mass is 16.7. The van der Waals surface area contributed by atoms with Crippen molar-refractivity contribution in [2.75, 3.05) is 34.6 Å². The molecule has 0 radical (unpaired) electrons. The molecule has 2 aliphatic rings. The third kappa shape index (κ3) is 3.70. The van der Waals surface area contributed by atoms with Gasteiger partial charge in [0.25, 0.3) is 0 Å². The van der Waals surface area contributed by atoms with Gasteiger partial charge in [-0.25, -0.2) is 0 Å². The van der Waals surface area contributed by atoms with Crippen molar-refractivity contribution in [1.82, 2.24) is 4.90 Å². The Hall–Kier alpha value is -2.93. The average Bonchev–Trinajstić information content (AvgIpc) is 3.22. The largest absolute Gasteiger partial charge is 0.497 e. The summed E-state index contributed by atoms with van der Waals surface area (Å²) >= 11 is 0. The van der Waals surface area contributed by atoms with E-state index >= 15 is 0 Å². The lowest BCUT2D eigenvalue weighted by atomic mass is 9.87. The number of hydrogen-bond donors (Lipinski definition) is 1. The van der Waals surface area contributed by atoms with Crippen LogP contribution < -0.4 is 18.9 Å². The van der Waals surface area contributed by atoms with E-state index in [2.05, 4.69) is 23.2 Å². The topological polar surface area (TPSA) is 72.8 Å². The van der Waals surface area contributed by atoms with E-state index in [1.807, 2.05) is 24.3 Å². The van der Waals surface area contributed by atoms with E-state index in [-0.39, 0.29) is 12.8 Å². The standard InChI is InChI=1S/C22H26N2O5/c1-24-9-8-15-11-19-21(29-13-28-19)22(27-3)20(15)18(24)12-16(23-25)10-14-4-6-17(26-2)7-5-14/h4-7,11,18,25H,8-10,12-13H2,1-3H3. The molecule has 2 aromatic rings. The van der Waals surface area contributed by atoms with Crippen LogP contribution in [0, 0.1) is 0 Å². The Morgan fingerprint density at radius 1 is 1.21 bits per heavy atom. The minimum Gasteiger partial charge on any atom is -0.497 e. The maximum Gasteiger partial charge on any atom is 0.231 e. The number of nitrogens with zero attached hydrogens (tertiary/aromatic N) is 2. The van der Waals surface area contributed by atoms with Crippen LogP contribution in [0.15, 0.2) is 35.5 Å². The number of rotatable bonds is 6. The molecule has 2 aromatic carbocycles. The summed E-state index contributed by atoms with van der Waals surface area (Å²) in [5.74, 6) is 2.91. The van der Waals surface area contributed by atoms with Gasteiger partial charge in [-0.2, -0.15) is 0 Å². The SMILES string of the molecule is COc1ccc(CC(CC2c3c(cc4c(c3OC)OCO4)CCN2C)=NO)cc1. The molecular formula is C22H26N2O5. The number of methoxy groups -OCH3 is 2. The average molecular weight is 398 g/mol. The van der Waals surface area contributed by atoms with E-state index < -0.39 is 0 Å². The molecule has 0 saturated carbocycles. The first kappa shape index (κ1) is 19.4. The summed E-state index contributed by atoms with van der Waals surface area (Å²) in [6.45, 7) is 1.11. The maximum absolute atomic E-state index is 9.70. The molecular weight excluding hydrogens is 372 g/mol. The van der Waals surface area contributed by atoms with Crippen molar-refractivity contribution in [3.05, 3.63) is 47.0 Å². The van der Waals surface area contributed by atoms with Crippen LogP contribution in [0.1, 0.15) is 29.2 Å². The molecule has 0 bridgehead atoms. The number of likely N-dealkylation sites (N-methyl/N-ethyl adjacent to an activating group) is 1. The van der Waals surface area contributed by atoms with Crippen molar-refractivity contribution in [3.8, 4) is 23.0 Å². The van der Waals surface area contributed by atoms with Crippen molar-refractivity contribution >= 4 is 5.71 Å². The number of ether oxygens (including phenoxy) is 4. The molecule has 4 rings (SSSR count). The summed E-state index contributed by atoms with van der Waals surface area (Å²) in [6.07, 6.45) is 2.05. The van der Waals surface area contributed by atoms with Gasteiger partial charge in [0, 0.05) is 31.0 Å². The normalized spacial score (nSPS) is 18.4. The van der Waals surface area contributed by atoms with Crippen molar-refractivity contribution in [2.24, 2.45) is 5.16 Å². The minimum atomic E-state index is 0.0207. The van der Waals surface area contributed by atoms with Crippen LogP contribution in [-0.4, -0.2) is 50.4 Å². The molecule has 1 N–H and O–H groups in total. The fourth-order valence-corrected chi connectivity index (χ4v) is 4.13. The van der Waals surface area contributed by atoms with Crippen molar-refractivity contribution in [1.29, 1.82) is 0 Å². The third-order valence-electron chi connectivity index (χ3n) is 5.68. The predicted octanol–water partition coefficient (Wildman–Crippen LogP) is 3.42. The van der Waals surface area contributed by atoms with Gasteiger partial charge in [-0.1, -0.05) is 17.3 Å². The Morgan fingerprint density at radius 2 is 2.00 bits per heavy atom. The van der Waals surface area contributed by atoms with E-state index in [1.165, 1.54) is 5.56 Å². The first-order chi connectivity index (χ1) is 14.1. The predicted molar refractivity (Wildman–Crippen MR) is 109 cm³/mol. The minimum absolute atomic E-state index is 0.0207. The van der Waals surface area contributed by atoms with E-state index in [4.69, 9.17) is 18.9 Å². The monoisotopic (exact) mass is 398 g/mol. The summed E-state index contributed by atoms with van der Waals surface area (Å²) in [5.41, 5.74) is 4.05. The van der Waals surface area contributed by atoms with E-state index in [9.17, 15) is 5.21 Å². The van der Waals surface area contributed by atoms with Crippen LogP contribution in [0.2, 0.25) is 0 Å². The second-order valence-electron chi connectivity index (χ2n) is 7.36. The molecule has 0 amide bonds. The molecule has 1 atom stereocenters. The molecule has 7 heteroatoms. The summed E-state index contributed by atoms with van der Waals surface area (Å²) in [4.78, 5) is 2.27. The van der Waals surface area contributed by atoms with Gasteiger partial charge in [-0.05, 0) is 42.8 Å². The highest BCUT2D eigenvalue weighted by Crippen LogP contribution is 2.50. The number of hydrogen-bond acceptors (Lipinski definition) is 7. The zero-order valence-corrected chi connectivity index (χ0v) is 17.0. The van der Waals surface area contributed by atoms with E-state index in [1.54, 1.807) is 14.2 Å². The van der Waals surface area contributed by atoms with Gasteiger partial charge in [0.1, 0.15) is 5.75 Å². The van der Waals surface area contributed by atoms with Gasteiger partial charge < -0.3 is 24.2 Å². The van der Waals surface area contributed by atoms with Crippen molar-refractivity contribution in [2.45, 2.75) is 25.3 Å². The molecule has 7 nitrogen and oxygen atoms in total. The van der Waals surface area contributed by atoms with Gasteiger partial charge in [0.05, 0.1) is 19.9 Å². The number of oxime groups is 1. The maximum atomic E-state index is 9.70. The zero-order chi connectivity index (χ0) is 20.4. The lowest BCUT2D eigenvalue weighted by Crippen LogP contribution is -2.34. The van der Waals surface area contributed by atoms with Crippen LogP contribution >= 0.6 is 0 Å². The Labute approximate surface area is 170 Å². The Morgan fingerprint density at radius 3 is 2.69 bits per heavy atom. The molecule has 0 aliphatic carbocycles. The quantitative estimate of drug-likeness (QED) is 0.457. The van der Waals surface area contributed by atoms with E-state index in [0.29, 0.717) is 30.1 Å². The van der Waals surface area contributed by atoms with E-state index in [0.717, 1.165) is 35.6 Å². The molecule has 2 aliphatic heterocycles. The zero-order valence-electron chi connectivity index (χ0n) is 17.0. The third-order valence-corrected chi connectivity index (χ3v) is 5.68. The van der Waals surface area contributed by atoms with Gasteiger partial charge in [0.15, 0.2) is 11.5 Å². The lowest BCUT2D eigenvalue weighted by Gasteiger charge is -2.36. The second-order valence-corrected chi connectivity index (χ2v) is 7.36. The molecule has 0 spiro atoms. The van der Waals surface area contributed by atoms with Gasteiger partial charge in [-0.3, -0.25) is 4.90 Å². The molecule has 0 aromatic heterocycles. The lowest BCUT2D eigenvalue weighted by molar-refractivity contribution is 0.170. The Kier molecular flexibility index (Phi) is 5.49. The van der Waals surface area contributed by atoms with Crippen LogP contribution in [0.4, 0.5) is 0 Å². The molecule has 29 heavy (non-hydrogen) atoms. The van der Waals surface area contributed by atoms with Gasteiger partial charge in [0.2, 0.25) is 12.5 Å². The highest BCUT2D eigenvalue weighted by molar-refractivity contribution is 5.87. The summed E-state index contributed by atoms with van der Waals surface area (Å²) in [5, 5.41) is 13.3. The fraction of sp³-hybridized carbons (Fsp3) is 0.409. The summed E-state index contributed by atoms with van der Waals surface area (Å²) in [7, 11) is 5.38. The molecule has 0 saturated heterocycles. The first-order valence-corrected chi connectivity index (χ1v) is 9.67.